The van der Waals surface area contributed by atoms with Gasteiger partial charge in [-0.25, -0.2) is 4.98 Å². The van der Waals surface area contributed by atoms with E-state index in [1.807, 2.05) is 25.2 Å². The maximum Gasteiger partial charge on any atom is 0.127 e. The molecular formula is C13H11BrN4. The topological polar surface area (TPSA) is 60.7 Å². The Morgan fingerprint density at radius 3 is 2.78 bits per heavy atom. The fourth-order valence-corrected chi connectivity index (χ4v) is 1.96. The largest absolute Gasteiger partial charge is 0.373 e. The Morgan fingerprint density at radius 2 is 2.11 bits per heavy atom. The fraction of sp³-hybridized carbons (Fsp3) is 0.0769. The summed E-state index contributed by atoms with van der Waals surface area (Å²) < 4.78 is 0.851. The van der Waals surface area contributed by atoms with Crippen molar-refractivity contribution in [3.8, 4) is 6.07 Å². The van der Waals surface area contributed by atoms with E-state index in [-0.39, 0.29) is 0 Å². The van der Waals surface area contributed by atoms with Crippen LogP contribution >= 0.6 is 15.9 Å². The van der Waals surface area contributed by atoms with Crippen LogP contribution in [0.2, 0.25) is 0 Å². The Hall–Kier alpha value is -2.06. The van der Waals surface area contributed by atoms with E-state index in [4.69, 9.17) is 5.26 Å². The molecule has 0 saturated carbocycles. The maximum absolute atomic E-state index is 8.80. The van der Waals surface area contributed by atoms with Crippen molar-refractivity contribution in [2.24, 2.45) is 0 Å². The lowest BCUT2D eigenvalue weighted by Gasteiger charge is -2.09. The van der Waals surface area contributed by atoms with Crippen LogP contribution in [0.3, 0.4) is 0 Å². The first-order chi connectivity index (χ1) is 8.72. The smallest absolute Gasteiger partial charge is 0.127 e. The molecule has 1 aromatic carbocycles. The van der Waals surface area contributed by atoms with Crippen LogP contribution in [0.1, 0.15) is 5.56 Å². The summed E-state index contributed by atoms with van der Waals surface area (Å²) in [7, 11) is 1.82. The molecule has 90 valence electrons. The van der Waals surface area contributed by atoms with Crippen LogP contribution in [0, 0.1) is 11.3 Å². The summed E-state index contributed by atoms with van der Waals surface area (Å²) in [6, 6.07) is 11.3. The molecule has 1 heterocycles. The van der Waals surface area contributed by atoms with Crippen molar-refractivity contribution in [1.29, 1.82) is 5.26 Å². The first-order valence-corrected chi connectivity index (χ1v) is 6.12. The van der Waals surface area contributed by atoms with Crippen LogP contribution in [0.25, 0.3) is 0 Å². The number of rotatable bonds is 3. The van der Waals surface area contributed by atoms with Gasteiger partial charge in [0.05, 0.1) is 17.3 Å². The predicted molar refractivity (Wildman–Crippen MR) is 75.9 cm³/mol. The van der Waals surface area contributed by atoms with E-state index in [0.29, 0.717) is 5.56 Å². The second-order valence-corrected chi connectivity index (χ2v) is 4.47. The Kier molecular flexibility index (Phi) is 3.80. The van der Waals surface area contributed by atoms with Crippen molar-refractivity contribution in [2.75, 3.05) is 17.7 Å². The van der Waals surface area contributed by atoms with E-state index in [2.05, 4.69) is 37.6 Å². The Bertz CT molecular complexity index is 604. The van der Waals surface area contributed by atoms with Crippen molar-refractivity contribution in [3.05, 3.63) is 46.6 Å². The Labute approximate surface area is 114 Å². The minimum atomic E-state index is 0.623. The molecule has 0 fully saturated rings. The zero-order valence-corrected chi connectivity index (χ0v) is 11.3. The van der Waals surface area contributed by atoms with Gasteiger partial charge in [-0.1, -0.05) is 0 Å². The van der Waals surface area contributed by atoms with E-state index in [0.717, 1.165) is 21.7 Å². The molecule has 18 heavy (non-hydrogen) atoms. The van der Waals surface area contributed by atoms with Gasteiger partial charge in [-0.3, -0.25) is 0 Å². The van der Waals surface area contributed by atoms with E-state index in [9.17, 15) is 0 Å². The lowest BCUT2D eigenvalue weighted by Crippen LogP contribution is -1.96. The van der Waals surface area contributed by atoms with Gasteiger partial charge < -0.3 is 10.6 Å². The highest BCUT2D eigenvalue weighted by Crippen LogP contribution is 2.27. The molecule has 0 amide bonds. The molecule has 5 heteroatoms. The van der Waals surface area contributed by atoms with Crippen molar-refractivity contribution < 1.29 is 0 Å². The highest BCUT2D eigenvalue weighted by molar-refractivity contribution is 9.10. The number of nitrogens with zero attached hydrogens (tertiary/aromatic N) is 2. The monoisotopic (exact) mass is 302 g/mol. The third kappa shape index (κ3) is 2.79. The molecule has 4 nitrogen and oxygen atoms in total. The molecule has 2 rings (SSSR count). The number of aromatic nitrogens is 1. The number of benzene rings is 1. The molecule has 2 aromatic rings. The summed E-state index contributed by atoms with van der Waals surface area (Å²) in [5.41, 5.74) is 2.46. The molecule has 2 N–H and O–H groups in total. The van der Waals surface area contributed by atoms with Gasteiger partial charge in [0.15, 0.2) is 0 Å². The zero-order chi connectivity index (χ0) is 13.0. The third-order valence-electron chi connectivity index (χ3n) is 2.39. The number of halogens is 1. The average Bonchev–Trinajstić information content (AvgIpc) is 2.41. The average molecular weight is 303 g/mol. The number of hydrogen-bond donors (Lipinski definition) is 2. The number of nitriles is 1. The second-order valence-electron chi connectivity index (χ2n) is 3.61. The molecule has 0 spiro atoms. The van der Waals surface area contributed by atoms with Crippen LogP contribution in [-0.2, 0) is 0 Å². The van der Waals surface area contributed by atoms with E-state index in [1.165, 1.54) is 0 Å². The quantitative estimate of drug-likeness (QED) is 0.911. The van der Waals surface area contributed by atoms with Crippen LogP contribution in [0.15, 0.2) is 41.0 Å². The van der Waals surface area contributed by atoms with E-state index >= 15 is 0 Å². The predicted octanol–water partition coefficient (Wildman–Crippen LogP) is 3.50. The molecule has 0 atom stereocenters. The Morgan fingerprint density at radius 1 is 1.28 bits per heavy atom. The molecule has 0 aliphatic carbocycles. The number of anilines is 3. The first-order valence-electron chi connectivity index (χ1n) is 5.33. The Balaban J connectivity index is 2.26. The van der Waals surface area contributed by atoms with Crippen LogP contribution < -0.4 is 10.6 Å². The van der Waals surface area contributed by atoms with Gasteiger partial charge in [0.25, 0.3) is 0 Å². The summed E-state index contributed by atoms with van der Waals surface area (Å²) in [6.45, 7) is 0. The normalized spacial score (nSPS) is 9.61. The van der Waals surface area contributed by atoms with Crippen LogP contribution in [0.4, 0.5) is 17.2 Å². The van der Waals surface area contributed by atoms with E-state index in [1.54, 1.807) is 18.3 Å². The van der Waals surface area contributed by atoms with Crippen molar-refractivity contribution in [3.63, 3.8) is 0 Å². The highest BCUT2D eigenvalue weighted by atomic mass is 79.9. The highest BCUT2D eigenvalue weighted by Gasteiger charge is 2.02. The first kappa shape index (κ1) is 12.4. The maximum atomic E-state index is 8.80. The summed E-state index contributed by atoms with van der Waals surface area (Å²) in [5, 5.41) is 15.0. The molecule has 0 saturated heterocycles. The number of nitrogens with one attached hydrogen (secondary N) is 2. The fourth-order valence-electron chi connectivity index (χ4n) is 1.49. The van der Waals surface area contributed by atoms with Gasteiger partial charge in [0.2, 0.25) is 0 Å². The summed E-state index contributed by atoms with van der Waals surface area (Å²) in [4.78, 5) is 4.14. The van der Waals surface area contributed by atoms with Crippen molar-refractivity contribution in [2.45, 2.75) is 0 Å². The lowest BCUT2D eigenvalue weighted by atomic mass is 10.2. The van der Waals surface area contributed by atoms with Crippen molar-refractivity contribution in [1.82, 2.24) is 4.98 Å². The molecule has 0 unspecified atom stereocenters. The molecule has 0 aliphatic heterocycles. The van der Waals surface area contributed by atoms with Gasteiger partial charge in [0, 0.05) is 29.5 Å². The molecule has 0 bridgehead atoms. The molecule has 1 aromatic heterocycles. The van der Waals surface area contributed by atoms with Gasteiger partial charge in [-0.2, -0.15) is 5.26 Å². The SMILES string of the molecule is CNc1cc(Nc2ccc(C#N)cc2Br)ccn1. The zero-order valence-electron chi connectivity index (χ0n) is 9.74. The minimum Gasteiger partial charge on any atom is -0.373 e. The second kappa shape index (κ2) is 5.52. The molecule has 0 aliphatic rings. The molecule has 0 radical (unpaired) electrons. The summed E-state index contributed by atoms with van der Waals surface area (Å²) in [6.07, 6.45) is 1.73. The number of pyridine rings is 1. The number of hydrogen-bond acceptors (Lipinski definition) is 4. The van der Waals surface area contributed by atoms with Gasteiger partial charge in [-0.05, 0) is 40.2 Å². The van der Waals surface area contributed by atoms with E-state index < -0.39 is 0 Å². The summed E-state index contributed by atoms with van der Waals surface area (Å²) >= 11 is 3.44. The van der Waals surface area contributed by atoms with Crippen LogP contribution in [-0.4, -0.2) is 12.0 Å². The molecular weight excluding hydrogens is 292 g/mol. The van der Waals surface area contributed by atoms with Gasteiger partial charge in [-0.15, -0.1) is 0 Å². The lowest BCUT2D eigenvalue weighted by molar-refractivity contribution is 1.28. The summed E-state index contributed by atoms with van der Waals surface area (Å²) in [5.74, 6) is 0.796. The third-order valence-corrected chi connectivity index (χ3v) is 3.05. The van der Waals surface area contributed by atoms with Gasteiger partial charge in [0.1, 0.15) is 5.82 Å². The standard InChI is InChI=1S/C13H11BrN4/c1-16-13-7-10(4-5-17-13)18-12-3-2-9(8-15)6-11(12)14/h2-7H,1H3,(H2,16,17,18). The van der Waals surface area contributed by atoms with Crippen molar-refractivity contribution >= 4 is 33.1 Å². The van der Waals surface area contributed by atoms with Gasteiger partial charge >= 0.3 is 0 Å². The van der Waals surface area contributed by atoms with Crippen LogP contribution in [0.5, 0.6) is 0 Å². The minimum absolute atomic E-state index is 0.623.